The fourth-order valence-electron chi connectivity index (χ4n) is 2.81. The highest BCUT2D eigenvalue weighted by atomic mass is 35.5. The predicted octanol–water partition coefficient (Wildman–Crippen LogP) is 3.05. The predicted molar refractivity (Wildman–Crippen MR) is 106 cm³/mol. The van der Waals surface area contributed by atoms with E-state index in [1.54, 1.807) is 18.2 Å². The Balaban J connectivity index is 1.84. The van der Waals surface area contributed by atoms with E-state index in [1.165, 1.54) is 13.3 Å². The number of carbonyl (C=O) groups excluding carboxylic acids is 1. The Hall–Kier alpha value is -2.83. The van der Waals surface area contributed by atoms with Crippen molar-refractivity contribution in [2.45, 2.75) is 13.1 Å². The van der Waals surface area contributed by atoms with Crippen molar-refractivity contribution in [3.63, 3.8) is 0 Å². The Bertz CT molecular complexity index is 1020. The normalized spacial score (nSPS) is 10.8. The van der Waals surface area contributed by atoms with Crippen molar-refractivity contribution in [3.8, 4) is 5.75 Å². The van der Waals surface area contributed by atoms with Crippen LogP contribution in [0.1, 0.15) is 21.5 Å². The maximum absolute atomic E-state index is 12.7. The van der Waals surface area contributed by atoms with E-state index in [2.05, 4.69) is 10.3 Å². The summed E-state index contributed by atoms with van der Waals surface area (Å²) in [5.74, 6) is -0.0103. The standard InChI is InChI=1S/C20H20ClN3O3/c1-22-10-13-3-5-14(6-4-13)12-24(21)20(26)17-11-23-18-8-7-15(27-2)9-16(18)19(17)25/h3-9,11,22H,10,12H2,1-2H3,(H,23,25). The number of halogens is 1. The molecule has 140 valence electrons. The maximum atomic E-state index is 12.7. The number of benzene rings is 2. The lowest BCUT2D eigenvalue weighted by Crippen LogP contribution is -2.27. The number of carbonyl (C=O) groups is 1. The smallest absolute Gasteiger partial charge is 0.274 e. The second kappa shape index (κ2) is 8.24. The molecule has 0 aliphatic heterocycles. The van der Waals surface area contributed by atoms with Crippen LogP contribution < -0.4 is 15.5 Å². The van der Waals surface area contributed by atoms with E-state index < -0.39 is 5.91 Å². The molecule has 0 radical (unpaired) electrons. The number of amides is 1. The number of hydrogen-bond donors (Lipinski definition) is 2. The minimum atomic E-state index is -0.554. The van der Waals surface area contributed by atoms with Crippen LogP contribution in [-0.2, 0) is 13.1 Å². The van der Waals surface area contributed by atoms with Crippen molar-refractivity contribution < 1.29 is 9.53 Å². The molecule has 2 aromatic carbocycles. The first-order valence-corrected chi connectivity index (χ1v) is 8.76. The van der Waals surface area contributed by atoms with E-state index in [0.717, 1.165) is 22.1 Å². The first-order valence-electron chi connectivity index (χ1n) is 8.43. The Labute approximate surface area is 161 Å². The van der Waals surface area contributed by atoms with Crippen molar-refractivity contribution >= 4 is 28.6 Å². The number of nitrogens with one attached hydrogen (secondary N) is 2. The Morgan fingerprint density at radius 1 is 1.19 bits per heavy atom. The molecule has 0 aliphatic carbocycles. The Morgan fingerprint density at radius 3 is 2.56 bits per heavy atom. The largest absolute Gasteiger partial charge is 0.497 e. The fraction of sp³-hybridized carbons (Fsp3) is 0.200. The fourth-order valence-corrected chi connectivity index (χ4v) is 3.04. The van der Waals surface area contributed by atoms with Gasteiger partial charge in [0, 0.05) is 35.4 Å². The van der Waals surface area contributed by atoms with Crippen molar-refractivity contribution in [2.24, 2.45) is 0 Å². The lowest BCUT2D eigenvalue weighted by Gasteiger charge is -2.14. The van der Waals surface area contributed by atoms with Crippen molar-refractivity contribution in [2.75, 3.05) is 14.2 Å². The summed E-state index contributed by atoms with van der Waals surface area (Å²) < 4.78 is 6.17. The van der Waals surface area contributed by atoms with Gasteiger partial charge in [0.1, 0.15) is 11.3 Å². The molecule has 2 N–H and O–H groups in total. The monoisotopic (exact) mass is 385 g/mol. The average Bonchev–Trinajstić information content (AvgIpc) is 2.69. The molecule has 0 unspecified atom stereocenters. The molecule has 0 spiro atoms. The summed E-state index contributed by atoms with van der Waals surface area (Å²) >= 11 is 6.18. The number of pyridine rings is 1. The van der Waals surface area contributed by atoms with Crippen molar-refractivity contribution in [1.29, 1.82) is 0 Å². The SMILES string of the molecule is CNCc1ccc(CN(Cl)C(=O)c2c[nH]c3ccc(OC)cc3c2=O)cc1. The van der Waals surface area contributed by atoms with Crippen LogP contribution in [0, 0.1) is 0 Å². The van der Waals surface area contributed by atoms with Gasteiger partial charge in [-0.05, 0) is 36.4 Å². The highest BCUT2D eigenvalue weighted by molar-refractivity contribution is 6.24. The number of aromatic nitrogens is 1. The van der Waals surface area contributed by atoms with Crippen LogP contribution in [-0.4, -0.2) is 29.5 Å². The minimum Gasteiger partial charge on any atom is -0.497 e. The van der Waals surface area contributed by atoms with Crippen LogP contribution in [0.15, 0.2) is 53.5 Å². The highest BCUT2D eigenvalue weighted by Gasteiger charge is 2.19. The number of rotatable bonds is 6. The van der Waals surface area contributed by atoms with E-state index in [0.29, 0.717) is 16.7 Å². The van der Waals surface area contributed by atoms with Gasteiger partial charge in [0.15, 0.2) is 0 Å². The summed E-state index contributed by atoms with van der Waals surface area (Å²) in [7, 11) is 3.40. The van der Waals surface area contributed by atoms with Crippen LogP contribution in [0.3, 0.4) is 0 Å². The van der Waals surface area contributed by atoms with Crippen LogP contribution in [0.2, 0.25) is 0 Å². The van der Waals surface area contributed by atoms with Gasteiger partial charge in [0.05, 0.1) is 13.7 Å². The number of ether oxygens (including phenoxy) is 1. The summed E-state index contributed by atoms with van der Waals surface area (Å²) in [5, 5.41) is 3.45. The van der Waals surface area contributed by atoms with Crippen LogP contribution in [0.5, 0.6) is 5.75 Å². The van der Waals surface area contributed by atoms with Crippen LogP contribution >= 0.6 is 11.8 Å². The number of hydrogen-bond acceptors (Lipinski definition) is 4. The molecule has 0 saturated carbocycles. The second-order valence-electron chi connectivity index (χ2n) is 6.12. The average molecular weight is 386 g/mol. The van der Waals surface area contributed by atoms with Gasteiger partial charge in [-0.3, -0.25) is 9.59 Å². The topological polar surface area (TPSA) is 74.4 Å². The number of fused-ring (bicyclic) bond motifs is 1. The van der Waals surface area contributed by atoms with Gasteiger partial charge in [-0.15, -0.1) is 0 Å². The zero-order valence-electron chi connectivity index (χ0n) is 15.1. The van der Waals surface area contributed by atoms with E-state index >= 15 is 0 Å². The molecule has 0 aliphatic rings. The summed E-state index contributed by atoms with van der Waals surface area (Å²) in [4.78, 5) is 28.4. The first-order chi connectivity index (χ1) is 13.0. The van der Waals surface area contributed by atoms with E-state index in [4.69, 9.17) is 16.5 Å². The second-order valence-corrected chi connectivity index (χ2v) is 6.52. The summed E-state index contributed by atoms with van der Waals surface area (Å²) in [5.41, 5.74) is 2.23. The molecule has 1 amide bonds. The summed E-state index contributed by atoms with van der Waals surface area (Å²) in [6, 6.07) is 12.8. The number of H-pyrrole nitrogens is 1. The molecular formula is C20H20ClN3O3. The number of aromatic amines is 1. The molecule has 27 heavy (non-hydrogen) atoms. The molecule has 6 nitrogen and oxygen atoms in total. The first kappa shape index (κ1) is 18.9. The molecule has 3 aromatic rings. The molecule has 3 rings (SSSR count). The lowest BCUT2D eigenvalue weighted by molar-refractivity contribution is 0.0856. The van der Waals surface area contributed by atoms with Crippen molar-refractivity contribution in [3.05, 3.63) is 75.6 Å². The van der Waals surface area contributed by atoms with Gasteiger partial charge in [-0.2, -0.15) is 0 Å². The number of nitrogens with zero attached hydrogens (tertiary/aromatic N) is 1. The van der Waals surface area contributed by atoms with Crippen molar-refractivity contribution in [1.82, 2.24) is 14.7 Å². The molecule has 0 atom stereocenters. The zero-order valence-corrected chi connectivity index (χ0v) is 15.8. The molecule has 0 bridgehead atoms. The zero-order chi connectivity index (χ0) is 19.4. The highest BCUT2D eigenvalue weighted by Crippen LogP contribution is 2.18. The van der Waals surface area contributed by atoms with E-state index in [9.17, 15) is 9.59 Å². The van der Waals surface area contributed by atoms with Gasteiger partial charge in [-0.25, -0.2) is 4.42 Å². The quantitative estimate of drug-likeness (QED) is 0.639. The third-order valence-corrected chi connectivity index (χ3v) is 4.54. The molecule has 1 aromatic heterocycles. The van der Waals surface area contributed by atoms with Gasteiger partial charge in [0.25, 0.3) is 5.91 Å². The summed E-state index contributed by atoms with van der Waals surface area (Å²) in [6.45, 7) is 0.954. The molecule has 1 heterocycles. The van der Waals surface area contributed by atoms with E-state index in [1.807, 2.05) is 31.3 Å². The third kappa shape index (κ3) is 4.13. The molecule has 0 fully saturated rings. The van der Waals surface area contributed by atoms with Gasteiger partial charge < -0.3 is 15.0 Å². The third-order valence-electron chi connectivity index (χ3n) is 4.26. The molecule has 0 saturated heterocycles. The Morgan fingerprint density at radius 2 is 1.89 bits per heavy atom. The molecule has 7 heteroatoms. The van der Waals surface area contributed by atoms with Gasteiger partial charge in [0.2, 0.25) is 5.43 Å². The van der Waals surface area contributed by atoms with Gasteiger partial charge in [-0.1, -0.05) is 24.3 Å². The lowest BCUT2D eigenvalue weighted by atomic mass is 10.1. The molecular weight excluding hydrogens is 366 g/mol. The maximum Gasteiger partial charge on any atom is 0.274 e. The van der Waals surface area contributed by atoms with Crippen LogP contribution in [0.25, 0.3) is 10.9 Å². The number of methoxy groups -OCH3 is 1. The Kier molecular flexibility index (Phi) is 5.78. The van der Waals surface area contributed by atoms with Gasteiger partial charge >= 0.3 is 0 Å². The van der Waals surface area contributed by atoms with Crippen LogP contribution in [0.4, 0.5) is 0 Å². The summed E-state index contributed by atoms with van der Waals surface area (Å²) in [6.07, 6.45) is 1.39. The minimum absolute atomic E-state index is 0.0162. The van der Waals surface area contributed by atoms with E-state index in [-0.39, 0.29) is 17.5 Å².